The van der Waals surface area contributed by atoms with E-state index in [0.717, 1.165) is 61.8 Å². The lowest BCUT2D eigenvalue weighted by atomic mass is 10.0. The molecule has 0 atom stereocenters. The molecule has 0 aliphatic carbocycles. The molecule has 0 fully saturated rings. The van der Waals surface area contributed by atoms with E-state index in [-0.39, 0.29) is 11.5 Å². The summed E-state index contributed by atoms with van der Waals surface area (Å²) in [5.41, 5.74) is 3.77. The highest BCUT2D eigenvalue weighted by Gasteiger charge is 2.22. The minimum atomic E-state index is -0.574. The second kappa shape index (κ2) is 61.6. The first-order chi connectivity index (χ1) is 50.9. The van der Waals surface area contributed by atoms with Crippen molar-refractivity contribution in [2.45, 2.75) is 400 Å². The van der Waals surface area contributed by atoms with Crippen molar-refractivity contribution in [1.29, 1.82) is 0 Å². The minimum absolute atomic E-state index is 0.0628. The van der Waals surface area contributed by atoms with Crippen LogP contribution in [-0.4, -0.2) is 48.7 Å². The van der Waals surface area contributed by atoms with Crippen LogP contribution in [0.15, 0.2) is 82.2 Å². The van der Waals surface area contributed by atoms with Crippen LogP contribution in [0.2, 0.25) is 0 Å². The molecule has 0 unspecified atom stereocenters. The topological polar surface area (TPSA) is 122 Å². The zero-order chi connectivity index (χ0) is 72.8. The molecule has 0 saturated carbocycles. The van der Waals surface area contributed by atoms with Gasteiger partial charge in [0.2, 0.25) is 11.6 Å². The molecule has 5 aromatic rings. The fourth-order valence-electron chi connectivity index (χ4n) is 14.1. The van der Waals surface area contributed by atoms with Gasteiger partial charge in [-0.3, -0.25) is 4.99 Å². The van der Waals surface area contributed by atoms with Crippen molar-refractivity contribution in [1.82, 2.24) is 4.98 Å². The van der Waals surface area contributed by atoms with E-state index in [1.807, 2.05) is 42.5 Å². The van der Waals surface area contributed by atoms with Crippen molar-refractivity contribution in [2.24, 2.45) is 4.99 Å². The van der Waals surface area contributed by atoms with Crippen LogP contribution in [0.3, 0.4) is 0 Å². The fraction of sp³-hybridized carbons (Fsp3) is 0.710. The van der Waals surface area contributed by atoms with Gasteiger partial charge in [-0.25, -0.2) is 9.78 Å². The van der Waals surface area contributed by atoms with Crippen molar-refractivity contribution in [3.8, 4) is 46.0 Å². The van der Waals surface area contributed by atoms with E-state index in [2.05, 4.69) is 32.7 Å². The first kappa shape index (κ1) is 88.1. The Bertz CT molecular complexity index is 2790. The van der Waals surface area contributed by atoms with Crippen LogP contribution in [0, 0.1) is 0 Å². The first-order valence-corrected chi connectivity index (χ1v) is 43.7. The predicted molar refractivity (Wildman–Crippen MR) is 439 cm³/mol. The van der Waals surface area contributed by atoms with Crippen LogP contribution in [0.5, 0.6) is 34.5 Å². The molecule has 10 heteroatoms. The van der Waals surface area contributed by atoms with Gasteiger partial charge in [0.25, 0.3) is 0 Å². The summed E-state index contributed by atoms with van der Waals surface area (Å²) in [5.74, 6) is 2.49. The van der Waals surface area contributed by atoms with E-state index in [1.165, 1.54) is 334 Å². The highest BCUT2D eigenvalue weighted by molar-refractivity contribution is 5.93. The molecule has 0 spiro atoms. The molecule has 1 heterocycles. The Morgan fingerprint density at radius 2 is 0.699 bits per heavy atom. The van der Waals surface area contributed by atoms with E-state index in [9.17, 15) is 9.90 Å². The fourth-order valence-corrected chi connectivity index (χ4v) is 14.1. The number of benzene rings is 4. The number of ether oxygens (including phenoxy) is 5. The maximum atomic E-state index is 14.3. The van der Waals surface area contributed by atoms with Gasteiger partial charge in [-0.2, -0.15) is 0 Å². The summed E-state index contributed by atoms with van der Waals surface area (Å²) in [6.45, 7) is 11.4. The maximum Gasteiger partial charge on any atom is 0.343 e. The molecule has 103 heavy (non-hydrogen) atoms. The molecular weight excluding hydrogens is 1270 g/mol. The van der Waals surface area contributed by atoms with Crippen molar-refractivity contribution >= 4 is 29.0 Å². The number of rotatable bonds is 71. The summed E-state index contributed by atoms with van der Waals surface area (Å²) in [6, 6.07) is 21.9. The third-order valence-corrected chi connectivity index (χ3v) is 20.8. The Labute approximate surface area is 630 Å². The number of carbonyl (C=O) groups excluding carboxylic acids is 1. The van der Waals surface area contributed by atoms with Crippen LogP contribution in [0.4, 0.5) is 5.69 Å². The lowest BCUT2D eigenvalue weighted by molar-refractivity contribution is 0.0733. The van der Waals surface area contributed by atoms with E-state index in [0.29, 0.717) is 72.0 Å². The molecule has 580 valence electrons. The summed E-state index contributed by atoms with van der Waals surface area (Å²) in [5, 5.41) is 11.3. The Hall–Kier alpha value is -5.51. The number of oxazole rings is 1. The molecule has 0 radical (unpaired) electrons. The summed E-state index contributed by atoms with van der Waals surface area (Å²) >= 11 is 0. The molecule has 1 aromatic heterocycles. The molecule has 5 rings (SSSR count). The summed E-state index contributed by atoms with van der Waals surface area (Å²) in [7, 11) is 0. The van der Waals surface area contributed by atoms with Crippen LogP contribution in [0.1, 0.15) is 416 Å². The summed E-state index contributed by atoms with van der Waals surface area (Å²) in [6.07, 6.45) is 77.4. The maximum absolute atomic E-state index is 14.3. The van der Waals surface area contributed by atoms with Crippen LogP contribution in [0.25, 0.3) is 22.6 Å². The summed E-state index contributed by atoms with van der Waals surface area (Å²) < 4.78 is 38.4. The van der Waals surface area contributed by atoms with E-state index < -0.39 is 5.97 Å². The monoisotopic (exact) mass is 1420 g/mol. The van der Waals surface area contributed by atoms with Gasteiger partial charge in [-0.15, -0.1) is 0 Å². The van der Waals surface area contributed by atoms with Gasteiger partial charge < -0.3 is 33.2 Å². The molecule has 1 N–H and O–H groups in total. The lowest BCUT2D eigenvalue weighted by Gasteiger charge is -2.19. The Kier molecular flexibility index (Phi) is 52.7. The highest BCUT2D eigenvalue weighted by atomic mass is 16.5. The first-order valence-electron chi connectivity index (χ1n) is 43.7. The number of nitrogens with zero attached hydrogens (tertiary/aromatic N) is 2. The third kappa shape index (κ3) is 43.0. The number of aliphatic imine (C=N–C) groups is 1. The molecule has 0 aliphatic rings. The number of aromatic nitrogens is 1. The zero-order valence-electron chi connectivity index (χ0n) is 66.5. The van der Waals surface area contributed by atoms with Crippen molar-refractivity contribution < 1.29 is 38.0 Å². The smallest absolute Gasteiger partial charge is 0.343 e. The van der Waals surface area contributed by atoms with Gasteiger partial charge in [0, 0.05) is 29.5 Å². The normalized spacial score (nSPS) is 11.6. The third-order valence-electron chi connectivity index (χ3n) is 20.8. The van der Waals surface area contributed by atoms with Gasteiger partial charge >= 0.3 is 5.97 Å². The number of carbonyl (C=O) groups is 1. The Morgan fingerprint density at radius 3 is 1.06 bits per heavy atom. The molecule has 10 nitrogen and oxygen atoms in total. The van der Waals surface area contributed by atoms with Gasteiger partial charge in [-0.1, -0.05) is 374 Å². The molecule has 4 aromatic carbocycles. The van der Waals surface area contributed by atoms with Crippen molar-refractivity contribution in [3.05, 3.63) is 83.9 Å². The second-order valence-electron chi connectivity index (χ2n) is 30.4. The average Bonchev–Trinajstić information content (AvgIpc) is 1.80. The Morgan fingerprint density at radius 1 is 0.369 bits per heavy atom. The Balaban J connectivity index is 1.14. The van der Waals surface area contributed by atoms with Crippen molar-refractivity contribution in [2.75, 3.05) is 26.4 Å². The molecule has 0 aliphatic heterocycles. The summed E-state index contributed by atoms with van der Waals surface area (Å²) in [4.78, 5) is 23.7. The van der Waals surface area contributed by atoms with Crippen molar-refractivity contribution in [3.63, 3.8) is 0 Å². The zero-order valence-corrected chi connectivity index (χ0v) is 66.5. The van der Waals surface area contributed by atoms with Crippen LogP contribution >= 0.6 is 0 Å². The minimum Gasteiger partial charge on any atom is -0.507 e. The standard InChI is InChI=1S/C93H150N2O8/c1-5-9-13-17-21-25-29-33-37-38-42-43-47-51-55-59-71-98-84-69-70-86-88(78-84)103-92(95-86)80-63-66-83(67-64-80)94-79-81-65-68-85(77-87(81)96)102-93(97)82-75-89(99-72-60-56-52-48-44-39-34-30-26-22-18-14-10-6-2)91(101-74-62-58-54-50-46-41-36-32-28-24-20-16-12-8-4)90(76-82)100-73-61-57-53-49-45-40-35-31-27-23-19-15-11-7-3/h63-70,75-79,96H,5-62,71-74H2,1-4H3. The number of hydrogen-bond acceptors (Lipinski definition) is 10. The van der Waals surface area contributed by atoms with E-state index in [1.54, 1.807) is 30.5 Å². The van der Waals surface area contributed by atoms with Gasteiger partial charge in [0.05, 0.1) is 37.7 Å². The second-order valence-corrected chi connectivity index (χ2v) is 30.4. The predicted octanol–water partition coefficient (Wildman–Crippen LogP) is 30.4. The quantitative estimate of drug-likeness (QED) is 0.0175. The van der Waals surface area contributed by atoms with E-state index >= 15 is 0 Å². The number of phenolic OH excluding ortho intramolecular Hbond substituents is 1. The number of phenols is 1. The number of esters is 1. The number of fused-ring (bicyclic) bond motifs is 1. The SMILES string of the molecule is CCCCCCCCCCCCCCCCCCOc1ccc2nc(-c3ccc(N=Cc4ccc(OC(=O)c5cc(OCCCCCCCCCCCCCCCC)c(OCCCCCCCCCCCCCCCC)c(OCCCCCCCCCCCCCCCC)c5)cc4O)cc3)oc2c1. The molecule has 0 saturated heterocycles. The number of unbranched alkanes of at least 4 members (excludes halogenated alkanes) is 54. The van der Waals surface area contributed by atoms with Crippen LogP contribution in [-0.2, 0) is 0 Å². The van der Waals surface area contributed by atoms with Crippen LogP contribution < -0.4 is 23.7 Å². The van der Waals surface area contributed by atoms with Gasteiger partial charge in [0.1, 0.15) is 22.8 Å². The molecule has 0 bridgehead atoms. The average molecular weight is 1420 g/mol. The molecular formula is C93H150N2O8. The largest absolute Gasteiger partial charge is 0.507 e. The number of aromatic hydroxyl groups is 1. The van der Waals surface area contributed by atoms with Gasteiger partial charge in [0.15, 0.2) is 17.1 Å². The molecule has 0 amide bonds. The van der Waals surface area contributed by atoms with Gasteiger partial charge in [-0.05, 0) is 86.3 Å². The van der Waals surface area contributed by atoms with E-state index in [4.69, 9.17) is 33.1 Å². The highest BCUT2D eigenvalue weighted by Crippen LogP contribution is 2.41. The lowest BCUT2D eigenvalue weighted by Crippen LogP contribution is -2.12. The number of hydrogen-bond donors (Lipinski definition) is 1.